The summed E-state index contributed by atoms with van der Waals surface area (Å²) in [7, 11) is 0. The Morgan fingerprint density at radius 1 is 1.20 bits per heavy atom. The van der Waals surface area contributed by atoms with E-state index in [0.717, 1.165) is 0 Å². The number of non-ortho nitro benzene ring substituents is 1. The minimum atomic E-state index is -0.470. The van der Waals surface area contributed by atoms with Crippen molar-refractivity contribution in [3.8, 4) is 5.69 Å². The van der Waals surface area contributed by atoms with Crippen molar-refractivity contribution in [1.82, 2.24) is 20.2 Å². The lowest BCUT2D eigenvalue weighted by Gasteiger charge is -2.02. The molecule has 0 atom stereocenters. The van der Waals surface area contributed by atoms with Gasteiger partial charge >= 0.3 is 0 Å². The van der Waals surface area contributed by atoms with Gasteiger partial charge in [0.1, 0.15) is 5.82 Å². The quantitative estimate of drug-likeness (QED) is 0.418. The third-order valence-electron chi connectivity index (χ3n) is 3.24. The van der Waals surface area contributed by atoms with Crippen molar-refractivity contribution in [3.63, 3.8) is 0 Å². The molecule has 1 aromatic heterocycles. The Kier molecular flexibility index (Phi) is 4.69. The van der Waals surface area contributed by atoms with E-state index in [1.165, 1.54) is 28.9 Å². The maximum atomic E-state index is 13.0. The van der Waals surface area contributed by atoms with Crippen molar-refractivity contribution in [2.45, 2.75) is 6.42 Å². The first-order valence-electron chi connectivity index (χ1n) is 7.18. The predicted octanol–water partition coefficient (Wildman–Crippen LogP) is 2.35. The van der Waals surface area contributed by atoms with Crippen LogP contribution < -0.4 is 5.43 Å². The summed E-state index contributed by atoms with van der Waals surface area (Å²) in [6.45, 7) is 0. The third-order valence-corrected chi connectivity index (χ3v) is 3.24. The number of nitro benzene ring substituents is 1. The van der Waals surface area contributed by atoms with Crippen molar-refractivity contribution < 1.29 is 9.31 Å². The first-order chi connectivity index (χ1) is 12.1. The second kappa shape index (κ2) is 7.25. The van der Waals surface area contributed by atoms with Crippen molar-refractivity contribution in [1.29, 1.82) is 0 Å². The van der Waals surface area contributed by atoms with E-state index in [0.29, 0.717) is 23.6 Å². The fourth-order valence-corrected chi connectivity index (χ4v) is 2.02. The number of hydrogen-bond donors (Lipinski definition) is 1. The zero-order valence-electron chi connectivity index (χ0n) is 12.8. The number of nitrogens with zero attached hydrogens (tertiary/aromatic N) is 6. The van der Waals surface area contributed by atoms with Gasteiger partial charge in [-0.2, -0.15) is 9.78 Å². The molecule has 1 heterocycles. The van der Waals surface area contributed by atoms with Gasteiger partial charge in [-0.1, -0.05) is 0 Å². The van der Waals surface area contributed by atoms with Gasteiger partial charge in [0.2, 0.25) is 0 Å². The van der Waals surface area contributed by atoms with Gasteiger partial charge in [0, 0.05) is 24.8 Å². The second-order valence-corrected chi connectivity index (χ2v) is 4.91. The molecule has 0 fully saturated rings. The highest BCUT2D eigenvalue weighted by Gasteiger charge is 2.07. The van der Waals surface area contributed by atoms with Gasteiger partial charge in [-0.05, 0) is 46.8 Å². The van der Waals surface area contributed by atoms with E-state index in [1.54, 1.807) is 30.5 Å². The summed E-state index contributed by atoms with van der Waals surface area (Å²) in [5, 5.41) is 26.0. The molecule has 0 spiro atoms. The summed E-state index contributed by atoms with van der Waals surface area (Å²) in [6.07, 6.45) is 1.90. The molecule has 9 nitrogen and oxygen atoms in total. The van der Waals surface area contributed by atoms with Crippen LogP contribution in [-0.2, 0) is 6.42 Å². The highest BCUT2D eigenvalue weighted by Crippen LogP contribution is 2.15. The summed E-state index contributed by atoms with van der Waals surface area (Å²) >= 11 is 0. The van der Waals surface area contributed by atoms with E-state index >= 15 is 0 Å². The predicted molar refractivity (Wildman–Crippen MR) is 88.0 cm³/mol. The van der Waals surface area contributed by atoms with Crippen LogP contribution in [0.5, 0.6) is 0 Å². The van der Waals surface area contributed by atoms with Crippen LogP contribution in [0.1, 0.15) is 5.82 Å². The summed E-state index contributed by atoms with van der Waals surface area (Å²) < 4.78 is 14.5. The molecule has 0 saturated heterocycles. The SMILES string of the molecule is O=[N+]([O-])c1ccc(NN=CCc2nnnn2-c2ccc(F)cc2)cc1. The number of benzene rings is 2. The Hall–Kier alpha value is -3.69. The number of hydrogen-bond acceptors (Lipinski definition) is 7. The molecule has 0 aliphatic heterocycles. The van der Waals surface area contributed by atoms with E-state index in [2.05, 4.69) is 26.1 Å². The molecule has 3 rings (SSSR count). The molecule has 0 radical (unpaired) electrons. The van der Waals surface area contributed by atoms with Crippen LogP contribution in [0.4, 0.5) is 15.8 Å². The lowest BCUT2D eigenvalue weighted by atomic mass is 10.3. The third kappa shape index (κ3) is 3.99. The van der Waals surface area contributed by atoms with Crippen LogP contribution in [0, 0.1) is 15.9 Å². The zero-order chi connectivity index (χ0) is 17.6. The standard InChI is InChI=1S/C15H12FN7O2/c16-11-1-5-13(6-2-11)22-15(19-20-21-22)9-10-17-18-12-3-7-14(8-4-12)23(24)25/h1-8,10,18H,9H2. The fourth-order valence-electron chi connectivity index (χ4n) is 2.02. The highest BCUT2D eigenvalue weighted by molar-refractivity contribution is 5.62. The normalized spacial score (nSPS) is 10.9. The van der Waals surface area contributed by atoms with Gasteiger partial charge in [0.05, 0.1) is 16.3 Å². The molecule has 0 amide bonds. The van der Waals surface area contributed by atoms with E-state index < -0.39 is 4.92 Å². The molecule has 2 aromatic carbocycles. The van der Waals surface area contributed by atoms with E-state index in [1.807, 2.05) is 0 Å². The molecule has 0 aliphatic carbocycles. The second-order valence-electron chi connectivity index (χ2n) is 4.91. The number of tetrazole rings is 1. The van der Waals surface area contributed by atoms with Gasteiger partial charge in [-0.15, -0.1) is 5.10 Å². The first kappa shape index (κ1) is 16.2. The van der Waals surface area contributed by atoms with Crippen molar-refractivity contribution in [2.24, 2.45) is 5.10 Å². The Bertz CT molecular complexity index is 891. The Labute approximate surface area is 140 Å². The minimum Gasteiger partial charge on any atom is -0.279 e. The van der Waals surface area contributed by atoms with Crippen LogP contribution >= 0.6 is 0 Å². The summed E-state index contributed by atoms with van der Waals surface area (Å²) in [4.78, 5) is 10.1. The molecule has 10 heteroatoms. The molecule has 0 saturated carbocycles. The molecular formula is C15H12FN7O2. The summed E-state index contributed by atoms with van der Waals surface area (Å²) in [6, 6.07) is 11.7. The molecule has 3 aromatic rings. The number of rotatable bonds is 6. The Morgan fingerprint density at radius 3 is 2.60 bits per heavy atom. The first-order valence-corrected chi connectivity index (χ1v) is 7.18. The number of aromatic nitrogens is 4. The molecule has 25 heavy (non-hydrogen) atoms. The maximum absolute atomic E-state index is 13.0. The largest absolute Gasteiger partial charge is 0.279 e. The number of nitrogens with one attached hydrogen (secondary N) is 1. The molecule has 0 bridgehead atoms. The number of halogens is 1. The van der Waals surface area contributed by atoms with Crippen LogP contribution in [-0.4, -0.2) is 31.3 Å². The Morgan fingerprint density at radius 2 is 1.92 bits per heavy atom. The van der Waals surface area contributed by atoms with Gasteiger partial charge in [0.25, 0.3) is 5.69 Å². The number of anilines is 1. The van der Waals surface area contributed by atoms with Gasteiger partial charge in [-0.25, -0.2) is 4.39 Å². The molecule has 1 N–H and O–H groups in total. The van der Waals surface area contributed by atoms with Crippen LogP contribution in [0.15, 0.2) is 53.6 Å². The van der Waals surface area contributed by atoms with Crippen LogP contribution in [0.3, 0.4) is 0 Å². The van der Waals surface area contributed by atoms with Crippen molar-refractivity contribution in [3.05, 3.63) is 70.3 Å². The van der Waals surface area contributed by atoms with E-state index in [4.69, 9.17) is 0 Å². The molecular weight excluding hydrogens is 329 g/mol. The lowest BCUT2D eigenvalue weighted by Crippen LogP contribution is -2.04. The number of nitro groups is 1. The monoisotopic (exact) mass is 341 g/mol. The highest BCUT2D eigenvalue weighted by atomic mass is 19.1. The summed E-state index contributed by atoms with van der Waals surface area (Å²) in [5.41, 5.74) is 4.01. The molecule has 0 unspecified atom stereocenters. The Balaban J connectivity index is 1.62. The fraction of sp³-hybridized carbons (Fsp3) is 0.0667. The van der Waals surface area contributed by atoms with E-state index in [-0.39, 0.29) is 11.5 Å². The van der Waals surface area contributed by atoms with Crippen LogP contribution in [0.2, 0.25) is 0 Å². The average Bonchev–Trinajstić information content (AvgIpc) is 3.08. The van der Waals surface area contributed by atoms with E-state index in [9.17, 15) is 14.5 Å². The minimum absolute atomic E-state index is 0.00741. The van der Waals surface area contributed by atoms with Crippen molar-refractivity contribution in [2.75, 3.05) is 5.43 Å². The lowest BCUT2D eigenvalue weighted by molar-refractivity contribution is -0.384. The maximum Gasteiger partial charge on any atom is 0.269 e. The van der Waals surface area contributed by atoms with Crippen molar-refractivity contribution >= 4 is 17.6 Å². The van der Waals surface area contributed by atoms with Gasteiger partial charge in [-0.3, -0.25) is 15.5 Å². The van der Waals surface area contributed by atoms with Crippen LogP contribution in [0.25, 0.3) is 5.69 Å². The topological polar surface area (TPSA) is 111 Å². The zero-order valence-corrected chi connectivity index (χ0v) is 12.8. The van der Waals surface area contributed by atoms with Gasteiger partial charge < -0.3 is 0 Å². The summed E-state index contributed by atoms with van der Waals surface area (Å²) in [5.74, 6) is 0.188. The molecule has 126 valence electrons. The smallest absolute Gasteiger partial charge is 0.269 e. The number of hydrazone groups is 1. The average molecular weight is 341 g/mol. The van der Waals surface area contributed by atoms with Gasteiger partial charge in [0.15, 0.2) is 5.82 Å². The molecule has 0 aliphatic rings.